The van der Waals surface area contributed by atoms with Gasteiger partial charge in [0.05, 0.1) is 26.4 Å². The van der Waals surface area contributed by atoms with Crippen LogP contribution in [0.5, 0.6) is 5.75 Å². The fourth-order valence-electron chi connectivity index (χ4n) is 6.60. The Labute approximate surface area is 266 Å². The van der Waals surface area contributed by atoms with E-state index in [1.165, 1.54) is 21.8 Å². The van der Waals surface area contributed by atoms with Gasteiger partial charge < -0.3 is 23.8 Å². The van der Waals surface area contributed by atoms with Crippen LogP contribution in [0.3, 0.4) is 0 Å². The molecule has 16 heteroatoms. The molecule has 47 heavy (non-hydrogen) atoms. The standard InChI is InChI=1S/C31H24F5N3O7S/c1-43-30(42)46-14-45-27-20(40)8-9-38-26(27)29(41)37-10-11-44-13-22(37)39(38)25-15-4-2-3-5-16(15)28-18(12-21(47-28)31(34,35)36)23-17(25)6-7-19(32)24(23)33/h2-4,6-9,12,17,22,25H,5,10-11,13-14H2,1H3. The maximum absolute atomic E-state index is 16.0. The van der Waals surface area contributed by atoms with E-state index in [4.69, 9.17) is 14.2 Å². The maximum Gasteiger partial charge on any atom is 0.510 e. The van der Waals surface area contributed by atoms with Gasteiger partial charge in [0.2, 0.25) is 18.0 Å². The number of hydrogen-bond donors (Lipinski definition) is 0. The molecule has 246 valence electrons. The summed E-state index contributed by atoms with van der Waals surface area (Å²) in [4.78, 5) is 39.1. The molecule has 0 spiro atoms. The number of thiophene rings is 1. The minimum atomic E-state index is -4.73. The van der Waals surface area contributed by atoms with Crippen LogP contribution >= 0.6 is 11.3 Å². The molecule has 1 saturated heterocycles. The fourth-order valence-corrected chi connectivity index (χ4v) is 7.72. The van der Waals surface area contributed by atoms with Crippen molar-refractivity contribution in [3.63, 3.8) is 0 Å². The number of pyridine rings is 1. The van der Waals surface area contributed by atoms with Gasteiger partial charge >= 0.3 is 12.3 Å². The lowest BCUT2D eigenvalue weighted by Gasteiger charge is -2.53. The third-order valence-electron chi connectivity index (χ3n) is 8.53. The molecule has 1 amide bonds. The number of ether oxygens (including phenoxy) is 4. The molecule has 0 radical (unpaired) electrons. The van der Waals surface area contributed by atoms with Crippen LogP contribution in [0.4, 0.5) is 26.7 Å². The predicted molar refractivity (Wildman–Crippen MR) is 156 cm³/mol. The molecule has 0 N–H and O–H groups in total. The summed E-state index contributed by atoms with van der Waals surface area (Å²) in [7, 11) is 1.08. The van der Waals surface area contributed by atoms with Crippen LogP contribution in [0.2, 0.25) is 0 Å². The number of amides is 1. The van der Waals surface area contributed by atoms with E-state index in [1.807, 2.05) is 0 Å². The van der Waals surface area contributed by atoms with E-state index in [1.54, 1.807) is 23.2 Å². The number of allylic oxidation sites excluding steroid dienone is 6. The summed E-state index contributed by atoms with van der Waals surface area (Å²) in [6, 6.07) is 1.02. The topological polar surface area (TPSA) is 99.5 Å². The van der Waals surface area contributed by atoms with Gasteiger partial charge in [-0.3, -0.25) is 19.3 Å². The molecule has 1 fully saturated rings. The number of aromatic nitrogens is 1. The van der Waals surface area contributed by atoms with Gasteiger partial charge in [-0.05, 0) is 29.7 Å². The number of rotatable bonds is 4. The largest absolute Gasteiger partial charge is 0.510 e. The first-order chi connectivity index (χ1) is 22.5. The highest BCUT2D eigenvalue weighted by molar-refractivity contribution is 7.10. The molecule has 2 aromatic rings. The number of carbonyl (C=O) groups is 2. The predicted octanol–water partition coefficient (Wildman–Crippen LogP) is 3.40. The van der Waals surface area contributed by atoms with Gasteiger partial charge in [0.15, 0.2) is 17.3 Å². The van der Waals surface area contributed by atoms with Gasteiger partial charge in [-0.1, -0.05) is 24.3 Å². The molecule has 0 bridgehead atoms. The second-order valence-corrected chi connectivity index (χ2v) is 12.0. The molecule has 7 rings (SSSR count). The van der Waals surface area contributed by atoms with Crippen LogP contribution in [-0.4, -0.2) is 67.5 Å². The quantitative estimate of drug-likeness (QED) is 0.276. The third kappa shape index (κ3) is 4.97. The van der Waals surface area contributed by atoms with Crippen molar-refractivity contribution in [3.8, 4) is 5.75 Å². The lowest BCUT2D eigenvalue weighted by atomic mass is 9.80. The highest BCUT2D eigenvalue weighted by atomic mass is 32.1. The molecule has 4 heterocycles. The van der Waals surface area contributed by atoms with Crippen molar-refractivity contribution in [2.75, 3.05) is 38.7 Å². The Bertz CT molecular complexity index is 2010. The molecule has 2 aromatic heterocycles. The highest BCUT2D eigenvalue weighted by Crippen LogP contribution is 2.44. The minimum Gasteiger partial charge on any atom is -0.451 e. The Hall–Kier alpha value is -4.70. The Morgan fingerprint density at radius 3 is 2.79 bits per heavy atom. The lowest BCUT2D eigenvalue weighted by molar-refractivity contribution is -0.134. The third-order valence-corrected chi connectivity index (χ3v) is 9.77. The number of nitrogens with zero attached hydrogens (tertiary/aromatic N) is 3. The van der Waals surface area contributed by atoms with E-state index < -0.39 is 70.9 Å². The van der Waals surface area contributed by atoms with Gasteiger partial charge in [-0.25, -0.2) is 13.6 Å². The zero-order chi connectivity index (χ0) is 33.2. The van der Waals surface area contributed by atoms with Crippen molar-refractivity contribution >= 4 is 34.5 Å². The Morgan fingerprint density at radius 2 is 2.02 bits per heavy atom. The number of alkyl halides is 3. The first-order valence-electron chi connectivity index (χ1n) is 14.3. The molecule has 0 saturated carbocycles. The summed E-state index contributed by atoms with van der Waals surface area (Å²) in [5.41, 5.74) is -0.238. The summed E-state index contributed by atoms with van der Waals surface area (Å²) in [5, 5.41) is 1.61. The van der Waals surface area contributed by atoms with Gasteiger partial charge in [0.25, 0.3) is 5.91 Å². The van der Waals surface area contributed by atoms with Crippen molar-refractivity contribution in [3.05, 3.63) is 96.5 Å². The van der Waals surface area contributed by atoms with Crippen LogP contribution in [0.25, 0.3) is 11.1 Å². The van der Waals surface area contributed by atoms with Crippen molar-refractivity contribution in [1.29, 1.82) is 0 Å². The summed E-state index contributed by atoms with van der Waals surface area (Å²) in [6.07, 6.45) is 2.37. The number of morpholine rings is 1. The maximum atomic E-state index is 16.0. The molecule has 3 aliphatic carbocycles. The van der Waals surface area contributed by atoms with E-state index in [0.717, 1.165) is 25.3 Å². The van der Waals surface area contributed by atoms with Crippen molar-refractivity contribution in [1.82, 2.24) is 9.58 Å². The smallest absolute Gasteiger partial charge is 0.451 e. The number of methoxy groups -OCH3 is 1. The molecular weight excluding hydrogens is 653 g/mol. The molecular formula is C31H24F5N3O7S. The van der Waals surface area contributed by atoms with E-state index in [2.05, 4.69) is 4.74 Å². The Balaban J connectivity index is 1.49. The zero-order valence-corrected chi connectivity index (χ0v) is 25.2. The van der Waals surface area contributed by atoms with E-state index in [9.17, 15) is 31.9 Å². The van der Waals surface area contributed by atoms with Gasteiger partial charge in [-0.15, -0.1) is 11.3 Å². The second-order valence-electron chi connectivity index (χ2n) is 11.0. The molecule has 3 atom stereocenters. The summed E-state index contributed by atoms with van der Waals surface area (Å²) in [6.45, 7) is -0.544. The van der Waals surface area contributed by atoms with Crippen LogP contribution in [0.1, 0.15) is 21.8 Å². The lowest BCUT2D eigenvalue weighted by Crippen LogP contribution is -2.69. The van der Waals surface area contributed by atoms with Crippen molar-refractivity contribution in [2.45, 2.75) is 24.8 Å². The normalized spacial score (nSPS) is 23.3. The molecule has 10 nitrogen and oxygen atoms in total. The first kappa shape index (κ1) is 30.9. The highest BCUT2D eigenvalue weighted by Gasteiger charge is 2.49. The monoisotopic (exact) mass is 677 g/mol. The van der Waals surface area contributed by atoms with Gasteiger partial charge in [0.1, 0.15) is 11.0 Å². The number of carbonyl (C=O) groups excluding carboxylic acids is 2. The van der Waals surface area contributed by atoms with Crippen LogP contribution in [-0.2, 0) is 20.4 Å². The molecule has 3 unspecified atom stereocenters. The number of hydrogen-bond acceptors (Lipinski definition) is 9. The summed E-state index contributed by atoms with van der Waals surface area (Å²) in [5.74, 6) is -4.65. The second kappa shape index (κ2) is 11.5. The number of fused-ring (bicyclic) bond motifs is 5. The Kier molecular flexibility index (Phi) is 7.58. The SMILES string of the molecule is COC(=O)OCOc1c2n(ccc1=O)N(C1C3=CC=CCC3=c3sc(C(F)(F)F)cc3=C3C(F)=C(F)C=CC31)C1COCCN1C2=O. The summed E-state index contributed by atoms with van der Waals surface area (Å²) >= 11 is 0.454. The average molecular weight is 678 g/mol. The van der Waals surface area contributed by atoms with Crippen molar-refractivity contribution in [2.24, 2.45) is 5.92 Å². The fraction of sp³-hybridized carbons (Fsp3) is 0.323. The van der Waals surface area contributed by atoms with Crippen LogP contribution in [0, 0.1) is 5.92 Å². The van der Waals surface area contributed by atoms with E-state index >= 15 is 4.39 Å². The molecule has 5 aliphatic rings. The van der Waals surface area contributed by atoms with Crippen molar-refractivity contribution < 1.29 is 50.5 Å². The van der Waals surface area contributed by atoms with Crippen LogP contribution in [0.15, 0.2) is 70.7 Å². The van der Waals surface area contributed by atoms with Gasteiger partial charge in [-0.2, -0.15) is 13.2 Å². The zero-order valence-electron chi connectivity index (χ0n) is 24.4. The average Bonchev–Trinajstić information content (AvgIpc) is 3.47. The minimum absolute atomic E-state index is 0.0215. The van der Waals surface area contributed by atoms with Gasteiger partial charge in [0, 0.05) is 40.0 Å². The summed E-state index contributed by atoms with van der Waals surface area (Å²) < 4.78 is 95.0. The van der Waals surface area contributed by atoms with E-state index in [0.29, 0.717) is 22.5 Å². The molecule has 0 aromatic carbocycles. The number of halogens is 5. The van der Waals surface area contributed by atoms with E-state index in [-0.39, 0.29) is 47.2 Å². The molecule has 2 aliphatic heterocycles. The first-order valence-corrected chi connectivity index (χ1v) is 15.1. The Morgan fingerprint density at radius 1 is 1.21 bits per heavy atom. The van der Waals surface area contributed by atoms with Crippen LogP contribution < -0.4 is 24.9 Å².